The zero-order chi connectivity index (χ0) is 13.2. The lowest BCUT2D eigenvalue weighted by atomic mass is 9.76. The first kappa shape index (κ1) is 13.8. The second-order valence-electron chi connectivity index (χ2n) is 6.38. The molecule has 2 aliphatic heterocycles. The fraction of sp³-hybridized carbons (Fsp3) is 0.929. The molecule has 1 atom stereocenters. The van der Waals surface area contributed by atoms with Crippen LogP contribution in [0.4, 0.5) is 0 Å². The monoisotopic (exact) mass is 255 g/mol. The van der Waals surface area contributed by atoms with Gasteiger partial charge in [-0.05, 0) is 52.6 Å². The highest BCUT2D eigenvalue weighted by Gasteiger charge is 2.46. The van der Waals surface area contributed by atoms with Gasteiger partial charge in [-0.1, -0.05) is 6.42 Å². The lowest BCUT2D eigenvalue weighted by Gasteiger charge is -2.51. The molecule has 104 valence electrons. The third-order valence-electron chi connectivity index (χ3n) is 4.32. The summed E-state index contributed by atoms with van der Waals surface area (Å²) in [6, 6.07) is 0. The van der Waals surface area contributed by atoms with Gasteiger partial charge < -0.3 is 9.84 Å². The van der Waals surface area contributed by atoms with E-state index in [9.17, 15) is 9.90 Å². The standard InChI is InChI=1S/C14H25NO3/c1-13(2)11-14(6-9-18-13,10-12(16)17)15-7-4-3-5-8-15/h3-11H2,1-2H3,(H,16,17). The van der Waals surface area contributed by atoms with Crippen LogP contribution in [0.15, 0.2) is 0 Å². The molecule has 0 aliphatic carbocycles. The Balaban J connectivity index is 2.18. The van der Waals surface area contributed by atoms with Gasteiger partial charge in [0.1, 0.15) is 0 Å². The van der Waals surface area contributed by atoms with Gasteiger partial charge in [0.05, 0.1) is 12.0 Å². The average molecular weight is 255 g/mol. The largest absolute Gasteiger partial charge is 0.481 e. The Hall–Kier alpha value is -0.610. The van der Waals surface area contributed by atoms with Crippen LogP contribution in [0.3, 0.4) is 0 Å². The Morgan fingerprint density at radius 3 is 2.50 bits per heavy atom. The van der Waals surface area contributed by atoms with Gasteiger partial charge in [0.25, 0.3) is 0 Å². The molecule has 1 N–H and O–H groups in total. The van der Waals surface area contributed by atoms with Crippen molar-refractivity contribution in [1.29, 1.82) is 0 Å². The Morgan fingerprint density at radius 2 is 1.94 bits per heavy atom. The predicted octanol–water partition coefficient (Wildman–Crippen LogP) is 2.27. The van der Waals surface area contributed by atoms with Crippen LogP contribution in [-0.4, -0.2) is 46.8 Å². The van der Waals surface area contributed by atoms with Gasteiger partial charge in [0, 0.05) is 12.1 Å². The van der Waals surface area contributed by atoms with E-state index < -0.39 is 5.97 Å². The summed E-state index contributed by atoms with van der Waals surface area (Å²) in [5.41, 5.74) is -0.390. The first-order valence-electron chi connectivity index (χ1n) is 7.04. The summed E-state index contributed by atoms with van der Waals surface area (Å²) in [6.45, 7) is 6.92. The highest BCUT2D eigenvalue weighted by molar-refractivity contribution is 5.68. The van der Waals surface area contributed by atoms with Gasteiger partial charge in [0.2, 0.25) is 0 Å². The van der Waals surface area contributed by atoms with Gasteiger partial charge in [-0.2, -0.15) is 0 Å². The molecule has 18 heavy (non-hydrogen) atoms. The van der Waals surface area contributed by atoms with E-state index >= 15 is 0 Å². The highest BCUT2D eigenvalue weighted by atomic mass is 16.5. The van der Waals surface area contributed by atoms with Gasteiger partial charge >= 0.3 is 5.97 Å². The number of piperidine rings is 1. The normalized spacial score (nSPS) is 33.2. The summed E-state index contributed by atoms with van der Waals surface area (Å²) in [4.78, 5) is 13.7. The first-order chi connectivity index (χ1) is 8.44. The van der Waals surface area contributed by atoms with Crippen molar-refractivity contribution in [2.45, 2.75) is 63.5 Å². The fourth-order valence-electron chi connectivity index (χ4n) is 3.63. The van der Waals surface area contributed by atoms with E-state index in [4.69, 9.17) is 4.74 Å². The maximum atomic E-state index is 11.3. The van der Waals surface area contributed by atoms with E-state index in [1.165, 1.54) is 19.3 Å². The number of ether oxygens (including phenoxy) is 1. The van der Waals surface area contributed by atoms with Crippen LogP contribution in [0.25, 0.3) is 0 Å². The van der Waals surface area contributed by atoms with Gasteiger partial charge in [-0.15, -0.1) is 0 Å². The molecule has 4 heteroatoms. The van der Waals surface area contributed by atoms with Crippen molar-refractivity contribution >= 4 is 5.97 Å². The molecule has 0 bridgehead atoms. The molecule has 2 fully saturated rings. The summed E-state index contributed by atoms with van der Waals surface area (Å²) >= 11 is 0. The number of nitrogens with zero attached hydrogens (tertiary/aromatic N) is 1. The van der Waals surface area contributed by atoms with Crippen molar-refractivity contribution in [2.24, 2.45) is 0 Å². The molecule has 0 aromatic rings. The fourth-order valence-corrected chi connectivity index (χ4v) is 3.63. The Bertz CT molecular complexity index is 310. The summed E-state index contributed by atoms with van der Waals surface area (Å²) < 4.78 is 5.77. The SMILES string of the molecule is CC1(C)CC(CC(=O)O)(N2CCCCC2)CCO1. The second kappa shape index (κ2) is 5.17. The maximum absolute atomic E-state index is 11.3. The molecule has 0 amide bonds. The molecule has 0 spiro atoms. The van der Waals surface area contributed by atoms with E-state index in [0.717, 1.165) is 25.9 Å². The van der Waals surface area contributed by atoms with E-state index in [-0.39, 0.29) is 17.6 Å². The van der Waals surface area contributed by atoms with Crippen molar-refractivity contribution in [1.82, 2.24) is 4.90 Å². The number of rotatable bonds is 3. The van der Waals surface area contributed by atoms with Crippen molar-refractivity contribution in [3.8, 4) is 0 Å². The minimum absolute atomic E-state index is 0.187. The number of aliphatic carboxylic acids is 1. The summed E-state index contributed by atoms with van der Waals surface area (Å²) in [6.07, 6.45) is 5.60. The molecule has 0 radical (unpaired) electrons. The van der Waals surface area contributed by atoms with Crippen LogP contribution in [0.1, 0.15) is 52.4 Å². The summed E-state index contributed by atoms with van der Waals surface area (Å²) in [5, 5.41) is 9.26. The third kappa shape index (κ3) is 3.04. The van der Waals surface area contributed by atoms with Crippen LogP contribution in [0.2, 0.25) is 0 Å². The van der Waals surface area contributed by atoms with Crippen LogP contribution in [0.5, 0.6) is 0 Å². The lowest BCUT2D eigenvalue weighted by Crippen LogP contribution is -2.58. The summed E-state index contributed by atoms with van der Waals surface area (Å²) in [7, 11) is 0. The summed E-state index contributed by atoms with van der Waals surface area (Å²) in [5.74, 6) is -0.682. The lowest BCUT2D eigenvalue weighted by molar-refractivity contribution is -0.153. The van der Waals surface area contributed by atoms with E-state index in [2.05, 4.69) is 18.7 Å². The first-order valence-corrected chi connectivity index (χ1v) is 7.04. The number of hydrogen-bond donors (Lipinski definition) is 1. The maximum Gasteiger partial charge on any atom is 0.305 e. The van der Waals surface area contributed by atoms with Gasteiger partial charge in [-0.25, -0.2) is 0 Å². The van der Waals surface area contributed by atoms with Crippen LogP contribution in [0, 0.1) is 0 Å². The number of hydrogen-bond acceptors (Lipinski definition) is 3. The molecule has 2 aliphatic rings. The topological polar surface area (TPSA) is 49.8 Å². The van der Waals surface area contributed by atoms with Crippen molar-refractivity contribution in [3.05, 3.63) is 0 Å². The Labute approximate surface area is 109 Å². The minimum atomic E-state index is -0.682. The zero-order valence-electron chi connectivity index (χ0n) is 11.6. The van der Waals surface area contributed by atoms with E-state index in [0.29, 0.717) is 6.61 Å². The smallest absolute Gasteiger partial charge is 0.305 e. The highest BCUT2D eigenvalue weighted by Crippen LogP contribution is 2.40. The number of carbonyl (C=O) groups is 1. The number of likely N-dealkylation sites (tertiary alicyclic amines) is 1. The Kier molecular flexibility index (Phi) is 3.97. The molecule has 2 rings (SSSR count). The molecule has 4 nitrogen and oxygen atoms in total. The predicted molar refractivity (Wildman–Crippen MR) is 69.7 cm³/mol. The number of carboxylic acids is 1. The molecule has 2 saturated heterocycles. The quantitative estimate of drug-likeness (QED) is 0.840. The van der Waals surface area contributed by atoms with Crippen molar-refractivity contribution in [2.75, 3.05) is 19.7 Å². The van der Waals surface area contributed by atoms with Crippen LogP contribution in [-0.2, 0) is 9.53 Å². The molecule has 1 unspecified atom stereocenters. The molecule has 0 aromatic carbocycles. The average Bonchev–Trinajstić information content (AvgIpc) is 2.28. The van der Waals surface area contributed by atoms with E-state index in [1.807, 2.05) is 0 Å². The molecule has 2 heterocycles. The van der Waals surface area contributed by atoms with Gasteiger partial charge in [0.15, 0.2) is 0 Å². The molecule has 0 aromatic heterocycles. The minimum Gasteiger partial charge on any atom is -0.481 e. The van der Waals surface area contributed by atoms with Crippen molar-refractivity contribution < 1.29 is 14.6 Å². The van der Waals surface area contributed by atoms with Gasteiger partial charge in [-0.3, -0.25) is 9.69 Å². The second-order valence-corrected chi connectivity index (χ2v) is 6.38. The van der Waals surface area contributed by atoms with Crippen LogP contribution < -0.4 is 0 Å². The van der Waals surface area contributed by atoms with E-state index in [1.54, 1.807) is 0 Å². The zero-order valence-corrected chi connectivity index (χ0v) is 11.6. The van der Waals surface area contributed by atoms with Crippen molar-refractivity contribution in [3.63, 3.8) is 0 Å². The third-order valence-corrected chi connectivity index (χ3v) is 4.32. The number of carboxylic acid groups (broad SMARTS) is 1. The van der Waals surface area contributed by atoms with Crippen LogP contribution >= 0.6 is 0 Å². The Morgan fingerprint density at radius 1 is 1.28 bits per heavy atom. The molecule has 0 saturated carbocycles. The molecular formula is C14H25NO3. The molecular weight excluding hydrogens is 230 g/mol.